The summed E-state index contributed by atoms with van der Waals surface area (Å²) in [5.74, 6) is 0.956. The van der Waals surface area contributed by atoms with Crippen molar-refractivity contribution in [3.8, 4) is 0 Å². The molecule has 1 atom stereocenters. The number of aliphatic hydroxyl groups excluding tert-OH is 1. The highest BCUT2D eigenvalue weighted by atomic mass is 32.2. The Balaban J connectivity index is 2.51. The van der Waals surface area contributed by atoms with E-state index in [1.54, 1.807) is 11.8 Å². The van der Waals surface area contributed by atoms with Crippen molar-refractivity contribution in [2.45, 2.75) is 11.2 Å². The zero-order chi connectivity index (χ0) is 6.97. The molecular formula is C8H8OS. The smallest absolute Gasteiger partial charge is 0.125 e. The van der Waals surface area contributed by atoms with Gasteiger partial charge in [0, 0.05) is 5.75 Å². The van der Waals surface area contributed by atoms with Gasteiger partial charge in [-0.3, -0.25) is 0 Å². The maximum Gasteiger partial charge on any atom is 0.125 e. The molecular weight excluding hydrogens is 144 g/mol. The quantitative estimate of drug-likeness (QED) is 0.613. The summed E-state index contributed by atoms with van der Waals surface area (Å²) in [6.07, 6.45) is 0. The fourth-order valence-electron chi connectivity index (χ4n) is 1.17. The fourth-order valence-corrected chi connectivity index (χ4v) is 2.17. The molecule has 1 nitrogen and oxygen atoms in total. The molecule has 1 unspecified atom stereocenters. The van der Waals surface area contributed by atoms with Gasteiger partial charge in [-0.15, -0.1) is 11.8 Å². The van der Waals surface area contributed by atoms with Gasteiger partial charge in [0.05, 0.1) is 0 Å². The number of fused-ring (bicyclic) bond motifs is 1. The number of benzene rings is 1. The summed E-state index contributed by atoms with van der Waals surface area (Å²) in [7, 11) is 0. The molecule has 0 amide bonds. The van der Waals surface area contributed by atoms with Gasteiger partial charge in [-0.25, -0.2) is 0 Å². The van der Waals surface area contributed by atoms with Crippen LogP contribution < -0.4 is 0 Å². The zero-order valence-corrected chi connectivity index (χ0v) is 6.27. The highest BCUT2D eigenvalue weighted by Crippen LogP contribution is 2.38. The Bertz CT molecular complexity index is 247. The third-order valence-electron chi connectivity index (χ3n) is 1.72. The second-order valence-corrected chi connectivity index (χ2v) is 3.43. The molecule has 1 heterocycles. The molecule has 0 bridgehead atoms. The van der Waals surface area contributed by atoms with Crippen LogP contribution in [0.25, 0.3) is 0 Å². The van der Waals surface area contributed by atoms with Crippen LogP contribution in [-0.4, -0.2) is 5.11 Å². The van der Waals surface area contributed by atoms with Crippen LogP contribution >= 0.6 is 11.8 Å². The van der Waals surface area contributed by atoms with Crippen molar-refractivity contribution >= 4 is 11.8 Å². The normalized spacial score (nSPS) is 22.7. The van der Waals surface area contributed by atoms with Crippen LogP contribution in [0.15, 0.2) is 24.3 Å². The number of hydrogen-bond donors (Lipinski definition) is 1. The Morgan fingerprint density at radius 3 is 3.00 bits per heavy atom. The Hall–Kier alpha value is -0.470. The SMILES string of the molecule is OC1SCc2ccccc21. The predicted molar refractivity (Wildman–Crippen MR) is 42.7 cm³/mol. The fraction of sp³-hybridized carbons (Fsp3) is 0.250. The van der Waals surface area contributed by atoms with Crippen LogP contribution in [0, 0.1) is 0 Å². The highest BCUT2D eigenvalue weighted by Gasteiger charge is 2.18. The van der Waals surface area contributed by atoms with Gasteiger partial charge >= 0.3 is 0 Å². The van der Waals surface area contributed by atoms with Crippen LogP contribution in [-0.2, 0) is 5.75 Å². The van der Waals surface area contributed by atoms with Crippen LogP contribution in [0.1, 0.15) is 16.6 Å². The largest absolute Gasteiger partial charge is 0.378 e. The maximum absolute atomic E-state index is 9.34. The van der Waals surface area contributed by atoms with E-state index in [2.05, 4.69) is 6.07 Å². The number of thioether (sulfide) groups is 1. The molecule has 0 saturated carbocycles. The Morgan fingerprint density at radius 1 is 1.40 bits per heavy atom. The van der Waals surface area contributed by atoms with E-state index in [1.807, 2.05) is 18.2 Å². The van der Waals surface area contributed by atoms with Crippen LogP contribution in [0.2, 0.25) is 0 Å². The van der Waals surface area contributed by atoms with E-state index < -0.39 is 0 Å². The Labute approximate surface area is 64.1 Å². The van der Waals surface area contributed by atoms with Gasteiger partial charge in [-0.1, -0.05) is 24.3 Å². The molecule has 0 radical (unpaired) electrons. The van der Waals surface area contributed by atoms with Crippen LogP contribution in [0.3, 0.4) is 0 Å². The van der Waals surface area contributed by atoms with Crippen molar-refractivity contribution in [2.24, 2.45) is 0 Å². The van der Waals surface area contributed by atoms with Gasteiger partial charge in [0.2, 0.25) is 0 Å². The minimum absolute atomic E-state index is 0.281. The van der Waals surface area contributed by atoms with Gasteiger partial charge in [-0.2, -0.15) is 0 Å². The number of aliphatic hydroxyl groups is 1. The van der Waals surface area contributed by atoms with Crippen LogP contribution in [0.4, 0.5) is 0 Å². The molecule has 0 saturated heterocycles. The van der Waals surface area contributed by atoms with Crippen molar-refractivity contribution < 1.29 is 5.11 Å². The van der Waals surface area contributed by atoms with Crippen molar-refractivity contribution in [1.82, 2.24) is 0 Å². The molecule has 0 aliphatic carbocycles. The summed E-state index contributed by atoms with van der Waals surface area (Å²) in [4.78, 5) is 0. The third kappa shape index (κ3) is 0.842. The molecule has 2 heteroatoms. The first-order valence-corrected chi connectivity index (χ1v) is 4.30. The van der Waals surface area contributed by atoms with Gasteiger partial charge in [0.1, 0.15) is 5.44 Å². The zero-order valence-electron chi connectivity index (χ0n) is 5.45. The maximum atomic E-state index is 9.34. The third-order valence-corrected chi connectivity index (χ3v) is 2.77. The molecule has 2 rings (SSSR count). The van der Waals surface area contributed by atoms with Gasteiger partial charge < -0.3 is 5.11 Å². The van der Waals surface area contributed by atoms with E-state index >= 15 is 0 Å². The van der Waals surface area contributed by atoms with Gasteiger partial charge in [-0.05, 0) is 11.1 Å². The summed E-state index contributed by atoms with van der Waals surface area (Å²) >= 11 is 1.58. The lowest BCUT2D eigenvalue weighted by molar-refractivity contribution is 0.272. The Kier molecular flexibility index (Phi) is 1.43. The lowest BCUT2D eigenvalue weighted by Gasteiger charge is -1.99. The van der Waals surface area contributed by atoms with Crippen molar-refractivity contribution in [1.29, 1.82) is 0 Å². The Morgan fingerprint density at radius 2 is 2.20 bits per heavy atom. The number of hydrogen-bond acceptors (Lipinski definition) is 2. The summed E-state index contributed by atoms with van der Waals surface area (Å²) in [5, 5.41) is 9.34. The van der Waals surface area contributed by atoms with E-state index in [0.29, 0.717) is 0 Å². The lowest BCUT2D eigenvalue weighted by Crippen LogP contribution is -1.85. The first kappa shape index (κ1) is 6.25. The molecule has 1 aromatic rings. The van der Waals surface area contributed by atoms with Crippen LogP contribution in [0.5, 0.6) is 0 Å². The molecule has 0 aromatic heterocycles. The summed E-state index contributed by atoms with van der Waals surface area (Å²) in [6, 6.07) is 8.03. The lowest BCUT2D eigenvalue weighted by atomic mass is 10.1. The standard InChI is InChI=1S/C8H8OS/c9-8-7-4-2-1-3-6(7)5-10-8/h1-4,8-9H,5H2. The molecule has 1 aromatic carbocycles. The van der Waals surface area contributed by atoms with Crippen molar-refractivity contribution in [3.63, 3.8) is 0 Å². The number of rotatable bonds is 0. The minimum atomic E-state index is -0.281. The van der Waals surface area contributed by atoms with E-state index in [0.717, 1.165) is 11.3 Å². The second kappa shape index (κ2) is 2.29. The van der Waals surface area contributed by atoms with Crippen molar-refractivity contribution in [3.05, 3.63) is 35.4 Å². The molecule has 1 N–H and O–H groups in total. The molecule has 0 spiro atoms. The van der Waals surface area contributed by atoms with Gasteiger partial charge in [0.15, 0.2) is 0 Å². The summed E-state index contributed by atoms with van der Waals surface area (Å²) in [6.45, 7) is 0. The van der Waals surface area contributed by atoms with Crippen molar-refractivity contribution in [2.75, 3.05) is 0 Å². The second-order valence-electron chi connectivity index (χ2n) is 2.36. The van der Waals surface area contributed by atoms with E-state index in [1.165, 1.54) is 5.56 Å². The van der Waals surface area contributed by atoms with E-state index in [-0.39, 0.29) is 5.44 Å². The average molecular weight is 152 g/mol. The first-order valence-electron chi connectivity index (χ1n) is 3.25. The predicted octanol–water partition coefficient (Wildman–Crippen LogP) is 1.92. The molecule has 1 aliphatic rings. The molecule has 0 fully saturated rings. The molecule has 52 valence electrons. The summed E-state index contributed by atoms with van der Waals surface area (Å²) in [5.41, 5.74) is 2.09. The minimum Gasteiger partial charge on any atom is -0.378 e. The highest BCUT2D eigenvalue weighted by molar-refractivity contribution is 7.98. The first-order chi connectivity index (χ1) is 4.88. The molecule has 1 aliphatic heterocycles. The topological polar surface area (TPSA) is 20.2 Å². The monoisotopic (exact) mass is 152 g/mol. The van der Waals surface area contributed by atoms with Gasteiger partial charge in [0.25, 0.3) is 0 Å². The molecule has 10 heavy (non-hydrogen) atoms. The van der Waals surface area contributed by atoms with E-state index in [9.17, 15) is 5.11 Å². The summed E-state index contributed by atoms with van der Waals surface area (Å²) < 4.78 is 0. The average Bonchev–Trinajstić information content (AvgIpc) is 2.34. The van der Waals surface area contributed by atoms with E-state index in [4.69, 9.17) is 0 Å².